The monoisotopic (exact) mass is 451 g/mol. The van der Waals surface area contributed by atoms with Crippen LogP contribution in [0.5, 0.6) is 0 Å². The summed E-state index contributed by atoms with van der Waals surface area (Å²) in [5.41, 5.74) is 0.214. The summed E-state index contributed by atoms with van der Waals surface area (Å²) in [6.07, 6.45) is 1.42. The molecule has 3 rings (SSSR count). The number of tetrazole rings is 1. The van der Waals surface area contributed by atoms with Crippen LogP contribution in [0.15, 0.2) is 53.4 Å². The highest BCUT2D eigenvalue weighted by molar-refractivity contribution is 7.85. The first-order valence-corrected chi connectivity index (χ1v) is 11.2. The Hall–Kier alpha value is -2.20. The van der Waals surface area contributed by atoms with Crippen LogP contribution in [0.25, 0.3) is 5.69 Å². The van der Waals surface area contributed by atoms with E-state index in [0.29, 0.717) is 36.2 Å². The Kier molecular flexibility index (Phi) is 8.44. The van der Waals surface area contributed by atoms with Crippen molar-refractivity contribution in [3.8, 4) is 5.69 Å². The molecular weight excluding hydrogens is 429 g/mol. The minimum atomic E-state index is -1.12. The van der Waals surface area contributed by atoms with Crippen molar-refractivity contribution in [3.63, 3.8) is 0 Å². The molecule has 0 amide bonds. The Morgan fingerprint density at radius 3 is 2.80 bits per heavy atom. The Morgan fingerprint density at radius 2 is 2.07 bits per heavy atom. The molecule has 1 heterocycles. The van der Waals surface area contributed by atoms with Crippen LogP contribution in [0.2, 0.25) is 5.02 Å². The normalized spacial score (nSPS) is 13.3. The van der Waals surface area contributed by atoms with Crippen LogP contribution >= 0.6 is 11.6 Å². The summed E-state index contributed by atoms with van der Waals surface area (Å²) in [5, 5.41) is 15.5. The van der Waals surface area contributed by atoms with Gasteiger partial charge in [-0.3, -0.25) is 4.21 Å². The van der Waals surface area contributed by atoms with Crippen LogP contribution < -0.4 is 5.32 Å². The van der Waals surface area contributed by atoms with Gasteiger partial charge in [-0.25, -0.2) is 4.39 Å². The largest absolute Gasteiger partial charge is 0.385 e. The van der Waals surface area contributed by atoms with Crippen molar-refractivity contribution < 1.29 is 13.3 Å². The van der Waals surface area contributed by atoms with E-state index < -0.39 is 16.6 Å². The molecular formula is C20H23ClFN5O2S. The smallest absolute Gasteiger partial charge is 0.173 e. The second kappa shape index (κ2) is 11.3. The summed E-state index contributed by atoms with van der Waals surface area (Å²) in [5.74, 6) is 0.386. The quantitative estimate of drug-likeness (QED) is 0.450. The van der Waals surface area contributed by atoms with Gasteiger partial charge in [0.15, 0.2) is 5.82 Å². The fourth-order valence-electron chi connectivity index (χ4n) is 3.01. The molecule has 0 aliphatic rings. The molecule has 2 aromatic carbocycles. The van der Waals surface area contributed by atoms with E-state index in [1.54, 1.807) is 13.2 Å². The Balaban J connectivity index is 1.74. The zero-order chi connectivity index (χ0) is 21.3. The Morgan fingerprint density at radius 1 is 1.27 bits per heavy atom. The van der Waals surface area contributed by atoms with Crippen LogP contribution in [0.3, 0.4) is 0 Å². The summed E-state index contributed by atoms with van der Waals surface area (Å²) < 4.78 is 33.4. The van der Waals surface area contributed by atoms with Crippen molar-refractivity contribution >= 4 is 22.4 Å². The summed E-state index contributed by atoms with van der Waals surface area (Å²) in [6, 6.07) is 13.4. The summed E-state index contributed by atoms with van der Waals surface area (Å²) in [7, 11) is 0.516. The molecule has 0 fully saturated rings. The molecule has 0 aliphatic heterocycles. The van der Waals surface area contributed by atoms with Gasteiger partial charge in [-0.15, -0.1) is 5.10 Å². The minimum absolute atomic E-state index is 0.214. The van der Waals surface area contributed by atoms with Gasteiger partial charge >= 0.3 is 0 Å². The first-order chi connectivity index (χ1) is 14.6. The Labute approximate surface area is 182 Å². The summed E-state index contributed by atoms with van der Waals surface area (Å²) >= 11 is 5.86. The highest BCUT2D eigenvalue weighted by Crippen LogP contribution is 2.22. The van der Waals surface area contributed by atoms with Gasteiger partial charge in [0.05, 0.1) is 16.8 Å². The summed E-state index contributed by atoms with van der Waals surface area (Å²) in [4.78, 5) is 0.781. The molecule has 0 saturated heterocycles. The zero-order valence-electron chi connectivity index (χ0n) is 16.5. The number of ether oxygens (including phenoxy) is 1. The number of benzene rings is 2. The van der Waals surface area contributed by atoms with Crippen molar-refractivity contribution in [2.24, 2.45) is 0 Å². The molecule has 10 heteroatoms. The van der Waals surface area contributed by atoms with Crippen molar-refractivity contribution in [1.82, 2.24) is 25.5 Å². The van der Waals surface area contributed by atoms with E-state index in [1.165, 1.54) is 16.8 Å². The predicted octanol–water partition coefficient (Wildman–Crippen LogP) is 3.32. The second-order valence-electron chi connectivity index (χ2n) is 6.55. The standard InChI is InChI=1S/C20H23ClFN5O2S/c1-29-12-5-8-18(23-11-13-30(28)16-6-3-2-4-7-16)20-24-25-26-27(20)19-10-9-15(21)14-17(19)22/h2-4,6-7,9-10,14,18,23H,5,8,11-13H2,1H3. The SMILES string of the molecule is COCCCC(NCCS(=O)c1ccccc1)c1nnnn1-c1ccc(Cl)cc1F. The Bertz CT molecular complexity index is 973. The van der Waals surface area contributed by atoms with E-state index in [0.717, 1.165) is 11.3 Å². The maximum atomic E-state index is 14.4. The van der Waals surface area contributed by atoms with Crippen molar-refractivity contribution in [2.75, 3.05) is 26.0 Å². The van der Waals surface area contributed by atoms with Gasteiger partial charge < -0.3 is 10.1 Å². The third-order valence-electron chi connectivity index (χ3n) is 4.47. The van der Waals surface area contributed by atoms with Crippen molar-refractivity contribution in [2.45, 2.75) is 23.8 Å². The highest BCUT2D eigenvalue weighted by atomic mass is 35.5. The number of halogens is 2. The molecule has 7 nitrogen and oxygen atoms in total. The molecule has 0 aliphatic carbocycles. The number of hydrogen-bond donors (Lipinski definition) is 1. The fraction of sp³-hybridized carbons (Fsp3) is 0.350. The lowest BCUT2D eigenvalue weighted by Crippen LogP contribution is -2.28. The third-order valence-corrected chi connectivity index (χ3v) is 6.08. The van der Waals surface area contributed by atoms with Crippen LogP contribution in [0.4, 0.5) is 4.39 Å². The molecule has 1 N–H and O–H groups in total. The first kappa shape index (κ1) is 22.5. The van der Waals surface area contributed by atoms with Crippen molar-refractivity contribution in [3.05, 3.63) is 65.2 Å². The van der Waals surface area contributed by atoms with E-state index in [2.05, 4.69) is 20.8 Å². The van der Waals surface area contributed by atoms with Gasteiger partial charge in [0.25, 0.3) is 0 Å². The van der Waals surface area contributed by atoms with Gasteiger partial charge in [0, 0.05) is 35.9 Å². The number of hydrogen-bond acceptors (Lipinski definition) is 6. The van der Waals surface area contributed by atoms with Crippen LogP contribution in [0.1, 0.15) is 24.7 Å². The second-order valence-corrected chi connectivity index (χ2v) is 8.56. The topological polar surface area (TPSA) is 81.9 Å². The lowest BCUT2D eigenvalue weighted by molar-refractivity contribution is 0.188. The summed E-state index contributed by atoms with van der Waals surface area (Å²) in [6.45, 7) is 1.06. The van der Waals surface area contributed by atoms with Crippen LogP contribution in [-0.2, 0) is 15.5 Å². The fourth-order valence-corrected chi connectivity index (χ4v) is 4.16. The molecule has 0 radical (unpaired) electrons. The number of nitrogens with zero attached hydrogens (tertiary/aromatic N) is 4. The lowest BCUT2D eigenvalue weighted by atomic mass is 10.1. The van der Waals surface area contributed by atoms with E-state index in [4.69, 9.17) is 16.3 Å². The maximum Gasteiger partial charge on any atom is 0.173 e. The van der Waals surface area contributed by atoms with Crippen LogP contribution in [-0.4, -0.2) is 50.4 Å². The molecule has 3 aromatic rings. The van der Waals surface area contributed by atoms with Gasteiger partial charge in [-0.2, -0.15) is 4.68 Å². The average molecular weight is 452 g/mol. The molecule has 0 bridgehead atoms. The number of aromatic nitrogens is 4. The molecule has 2 unspecified atom stereocenters. The minimum Gasteiger partial charge on any atom is -0.385 e. The molecule has 2 atom stereocenters. The molecule has 0 spiro atoms. The lowest BCUT2D eigenvalue weighted by Gasteiger charge is -2.18. The number of nitrogens with one attached hydrogen (secondary N) is 1. The van der Waals surface area contributed by atoms with E-state index >= 15 is 0 Å². The van der Waals surface area contributed by atoms with E-state index in [9.17, 15) is 8.60 Å². The maximum absolute atomic E-state index is 14.4. The predicted molar refractivity (Wildman–Crippen MR) is 114 cm³/mol. The van der Waals surface area contributed by atoms with E-state index in [-0.39, 0.29) is 11.7 Å². The molecule has 160 valence electrons. The van der Waals surface area contributed by atoms with Gasteiger partial charge in [0.2, 0.25) is 0 Å². The highest BCUT2D eigenvalue weighted by Gasteiger charge is 2.21. The molecule has 0 saturated carbocycles. The molecule has 1 aromatic heterocycles. The average Bonchev–Trinajstić information content (AvgIpc) is 3.22. The molecule has 30 heavy (non-hydrogen) atoms. The third kappa shape index (κ3) is 5.91. The first-order valence-electron chi connectivity index (χ1n) is 9.49. The van der Waals surface area contributed by atoms with E-state index in [1.807, 2.05) is 30.3 Å². The van der Waals surface area contributed by atoms with Gasteiger partial charge in [-0.1, -0.05) is 29.8 Å². The van der Waals surface area contributed by atoms with Crippen LogP contribution in [0, 0.1) is 5.82 Å². The zero-order valence-corrected chi connectivity index (χ0v) is 18.1. The van der Waals surface area contributed by atoms with Gasteiger partial charge in [-0.05, 0) is 53.6 Å². The van der Waals surface area contributed by atoms with Crippen molar-refractivity contribution in [1.29, 1.82) is 0 Å². The number of rotatable bonds is 11. The number of methoxy groups -OCH3 is 1. The van der Waals surface area contributed by atoms with Gasteiger partial charge in [0.1, 0.15) is 11.5 Å².